The van der Waals surface area contributed by atoms with Crippen LogP contribution in [0.15, 0.2) is 118 Å². The lowest BCUT2D eigenvalue weighted by Gasteiger charge is -2.23. The summed E-state index contributed by atoms with van der Waals surface area (Å²) in [6, 6.07) is 27.3. The second kappa shape index (κ2) is 9.42. The van der Waals surface area contributed by atoms with Crippen LogP contribution in [-0.2, 0) is 10.0 Å². The van der Waals surface area contributed by atoms with Crippen molar-refractivity contribution in [2.24, 2.45) is 0 Å². The number of nitrogens with one attached hydrogen (secondary N) is 1. The van der Waals surface area contributed by atoms with Gasteiger partial charge in [-0.3, -0.25) is 0 Å². The first-order valence-corrected chi connectivity index (χ1v) is 13.0. The second-order valence-corrected chi connectivity index (χ2v) is 10.6. The number of aromatic nitrogens is 3. The SMILES string of the molecule is Cc1cccc(Sc2ccccc2)c1C(NS(=O)(=O)c1ccccc1)c1cnc2cccnn12. The van der Waals surface area contributed by atoms with Gasteiger partial charge in [-0.15, -0.1) is 0 Å². The number of sulfonamides is 1. The predicted octanol–water partition coefficient (Wildman–Crippen LogP) is 5.26. The average Bonchev–Trinajstić information content (AvgIpc) is 3.28. The Bertz CT molecular complexity index is 1540. The monoisotopic (exact) mass is 486 g/mol. The Morgan fingerprint density at radius 3 is 2.38 bits per heavy atom. The third-order valence-electron chi connectivity index (χ3n) is 5.47. The lowest BCUT2D eigenvalue weighted by atomic mass is 10.00. The van der Waals surface area contributed by atoms with Gasteiger partial charge in [0.1, 0.15) is 0 Å². The molecule has 0 radical (unpaired) electrons. The Morgan fingerprint density at radius 1 is 0.882 bits per heavy atom. The topological polar surface area (TPSA) is 76.4 Å². The minimum atomic E-state index is -3.84. The quantitative estimate of drug-likeness (QED) is 0.340. The van der Waals surface area contributed by atoms with Crippen molar-refractivity contribution < 1.29 is 8.42 Å². The van der Waals surface area contributed by atoms with E-state index in [2.05, 4.69) is 14.8 Å². The van der Waals surface area contributed by atoms with Crippen molar-refractivity contribution in [2.75, 3.05) is 0 Å². The molecule has 5 rings (SSSR count). The predicted molar refractivity (Wildman–Crippen MR) is 133 cm³/mol. The van der Waals surface area contributed by atoms with Crippen LogP contribution < -0.4 is 4.72 Å². The summed E-state index contributed by atoms with van der Waals surface area (Å²) in [5.41, 5.74) is 3.11. The van der Waals surface area contributed by atoms with Crippen LogP contribution in [0.4, 0.5) is 0 Å². The molecule has 1 atom stereocenters. The van der Waals surface area contributed by atoms with Crippen LogP contribution in [0.1, 0.15) is 22.9 Å². The van der Waals surface area contributed by atoms with E-state index in [1.807, 2.05) is 61.5 Å². The summed E-state index contributed by atoms with van der Waals surface area (Å²) in [6.07, 6.45) is 3.35. The summed E-state index contributed by atoms with van der Waals surface area (Å²) < 4.78 is 31.5. The van der Waals surface area contributed by atoms with Crippen LogP contribution in [-0.4, -0.2) is 23.0 Å². The minimum Gasteiger partial charge on any atom is -0.235 e. The summed E-state index contributed by atoms with van der Waals surface area (Å²) >= 11 is 1.60. The molecule has 2 aromatic heterocycles. The van der Waals surface area contributed by atoms with E-state index in [9.17, 15) is 8.42 Å². The molecule has 5 aromatic rings. The van der Waals surface area contributed by atoms with E-state index in [0.29, 0.717) is 11.3 Å². The number of imidazole rings is 1. The first kappa shape index (κ1) is 22.3. The molecule has 0 amide bonds. The first-order chi connectivity index (χ1) is 16.5. The number of nitrogens with zero attached hydrogens (tertiary/aromatic N) is 3. The van der Waals surface area contributed by atoms with Crippen LogP contribution >= 0.6 is 11.8 Å². The van der Waals surface area contributed by atoms with Gasteiger partial charge >= 0.3 is 0 Å². The number of rotatable bonds is 7. The van der Waals surface area contributed by atoms with Gasteiger partial charge in [0.15, 0.2) is 5.65 Å². The van der Waals surface area contributed by atoms with Crippen molar-refractivity contribution in [1.82, 2.24) is 19.3 Å². The number of aryl methyl sites for hydroxylation is 1. The molecule has 0 aliphatic carbocycles. The van der Waals surface area contributed by atoms with E-state index in [0.717, 1.165) is 20.9 Å². The average molecular weight is 487 g/mol. The number of hydrogen-bond donors (Lipinski definition) is 1. The van der Waals surface area contributed by atoms with E-state index in [1.54, 1.807) is 65.1 Å². The molecule has 0 spiro atoms. The molecule has 0 fully saturated rings. The number of benzene rings is 3. The third kappa shape index (κ3) is 4.48. The standard InChI is InChI=1S/C26H22N4O2S2/c1-19-10-8-15-23(33-20-11-4-2-5-12-20)25(19)26(22-18-27-24-16-9-17-28-30(22)24)29-34(31,32)21-13-6-3-7-14-21/h2-18,26,29H,1H3. The molecule has 0 aliphatic heterocycles. The Morgan fingerprint density at radius 2 is 1.62 bits per heavy atom. The zero-order valence-electron chi connectivity index (χ0n) is 18.4. The van der Waals surface area contributed by atoms with Gasteiger partial charge in [0.25, 0.3) is 0 Å². The lowest BCUT2D eigenvalue weighted by molar-refractivity contribution is 0.565. The molecule has 0 bridgehead atoms. The lowest BCUT2D eigenvalue weighted by Crippen LogP contribution is -2.31. The highest BCUT2D eigenvalue weighted by atomic mass is 32.2. The molecule has 2 heterocycles. The van der Waals surface area contributed by atoms with Crippen molar-refractivity contribution in [2.45, 2.75) is 27.7 Å². The van der Waals surface area contributed by atoms with Crippen molar-refractivity contribution in [1.29, 1.82) is 0 Å². The maximum Gasteiger partial charge on any atom is 0.241 e. The molecular weight excluding hydrogens is 464 g/mol. The van der Waals surface area contributed by atoms with E-state index in [-0.39, 0.29) is 4.90 Å². The van der Waals surface area contributed by atoms with Crippen molar-refractivity contribution >= 4 is 27.4 Å². The highest BCUT2D eigenvalue weighted by Gasteiger charge is 2.29. The fourth-order valence-corrected chi connectivity index (χ4v) is 6.15. The largest absolute Gasteiger partial charge is 0.241 e. The van der Waals surface area contributed by atoms with Crippen LogP contribution in [0, 0.1) is 6.92 Å². The van der Waals surface area contributed by atoms with E-state index < -0.39 is 16.1 Å². The molecule has 0 saturated carbocycles. The zero-order valence-corrected chi connectivity index (χ0v) is 20.0. The van der Waals surface area contributed by atoms with Gasteiger partial charge in [0.05, 0.1) is 22.8 Å². The highest BCUT2D eigenvalue weighted by Crippen LogP contribution is 2.38. The third-order valence-corrected chi connectivity index (χ3v) is 7.99. The smallest absolute Gasteiger partial charge is 0.235 e. The second-order valence-electron chi connectivity index (χ2n) is 7.75. The van der Waals surface area contributed by atoms with Crippen LogP contribution in [0.5, 0.6) is 0 Å². The molecule has 8 heteroatoms. The van der Waals surface area contributed by atoms with Gasteiger partial charge in [-0.2, -0.15) is 9.82 Å². The summed E-state index contributed by atoms with van der Waals surface area (Å²) in [5.74, 6) is 0. The maximum absolute atomic E-state index is 13.5. The Balaban J connectivity index is 1.68. The van der Waals surface area contributed by atoms with Gasteiger partial charge in [0.2, 0.25) is 10.0 Å². The number of fused-ring (bicyclic) bond motifs is 1. The summed E-state index contributed by atoms with van der Waals surface area (Å²) in [4.78, 5) is 6.69. The molecule has 0 aliphatic rings. The Labute approximate surface area is 202 Å². The van der Waals surface area contributed by atoms with Gasteiger partial charge in [-0.1, -0.05) is 60.3 Å². The van der Waals surface area contributed by atoms with Gasteiger partial charge < -0.3 is 0 Å². The Hall–Kier alpha value is -3.46. The summed E-state index contributed by atoms with van der Waals surface area (Å²) in [5, 5.41) is 4.45. The Kier molecular flexibility index (Phi) is 6.19. The molecule has 0 saturated heterocycles. The minimum absolute atomic E-state index is 0.202. The van der Waals surface area contributed by atoms with Gasteiger partial charge in [-0.05, 0) is 60.5 Å². The summed E-state index contributed by atoms with van der Waals surface area (Å²) in [7, 11) is -3.84. The summed E-state index contributed by atoms with van der Waals surface area (Å²) in [6.45, 7) is 1.99. The zero-order chi connectivity index (χ0) is 23.5. The van der Waals surface area contributed by atoms with Crippen molar-refractivity contribution in [3.8, 4) is 0 Å². The maximum atomic E-state index is 13.5. The number of hydrogen-bond acceptors (Lipinski definition) is 5. The normalized spacial score (nSPS) is 12.6. The van der Waals surface area contributed by atoms with E-state index >= 15 is 0 Å². The molecular formula is C26H22N4O2S2. The first-order valence-electron chi connectivity index (χ1n) is 10.7. The fraction of sp³-hybridized carbons (Fsp3) is 0.0769. The molecule has 1 N–H and O–H groups in total. The molecule has 1 unspecified atom stereocenters. The fourth-order valence-electron chi connectivity index (χ4n) is 3.86. The highest BCUT2D eigenvalue weighted by molar-refractivity contribution is 7.99. The molecule has 3 aromatic carbocycles. The molecule has 34 heavy (non-hydrogen) atoms. The van der Waals surface area contributed by atoms with Crippen LogP contribution in [0.2, 0.25) is 0 Å². The molecule has 170 valence electrons. The van der Waals surface area contributed by atoms with Gasteiger partial charge in [-0.25, -0.2) is 17.9 Å². The van der Waals surface area contributed by atoms with Gasteiger partial charge in [0, 0.05) is 16.0 Å². The van der Waals surface area contributed by atoms with Crippen molar-refractivity contribution in [3.63, 3.8) is 0 Å². The van der Waals surface area contributed by atoms with E-state index in [4.69, 9.17) is 0 Å². The van der Waals surface area contributed by atoms with E-state index in [1.165, 1.54) is 0 Å². The van der Waals surface area contributed by atoms with Crippen molar-refractivity contribution in [3.05, 3.63) is 120 Å². The molecule has 6 nitrogen and oxygen atoms in total. The van der Waals surface area contributed by atoms with Crippen LogP contribution in [0.3, 0.4) is 0 Å². The van der Waals surface area contributed by atoms with Crippen LogP contribution in [0.25, 0.3) is 5.65 Å².